The molecule has 0 bridgehead atoms. The summed E-state index contributed by atoms with van der Waals surface area (Å²) in [6, 6.07) is 13.1. The first kappa shape index (κ1) is 22.4. The number of nitrogens with two attached hydrogens (primary N) is 1. The molecule has 152 valence electrons. The summed E-state index contributed by atoms with van der Waals surface area (Å²) in [6.07, 6.45) is 2.06. The molecule has 0 saturated carbocycles. The van der Waals surface area contributed by atoms with Gasteiger partial charge >= 0.3 is 0 Å². The number of benzene rings is 2. The summed E-state index contributed by atoms with van der Waals surface area (Å²) in [5, 5.41) is 9.63. The Hall–Kier alpha value is -1.92. The standard InChI is InChI=1S/C22H28ClNO4/c1-22(24,14-25)15-28-13-18-9-8-17(12-20(18)23)21(26)5-3-4-16-6-10-19(27-2)11-7-16/h6-12,25H,3-5,13-15,24H2,1-2H3. The monoisotopic (exact) mass is 405 g/mol. The summed E-state index contributed by atoms with van der Waals surface area (Å²) in [7, 11) is 1.64. The quantitative estimate of drug-likeness (QED) is 0.556. The normalized spacial score (nSPS) is 13.2. The number of hydrogen-bond donors (Lipinski definition) is 2. The van der Waals surface area contributed by atoms with Gasteiger partial charge in [0, 0.05) is 17.0 Å². The molecule has 3 N–H and O–H groups in total. The van der Waals surface area contributed by atoms with Crippen molar-refractivity contribution in [3.05, 3.63) is 64.2 Å². The van der Waals surface area contributed by atoms with E-state index in [1.165, 1.54) is 5.56 Å². The molecule has 1 atom stereocenters. The second-order valence-corrected chi connectivity index (χ2v) is 7.64. The van der Waals surface area contributed by atoms with E-state index < -0.39 is 5.54 Å². The predicted molar refractivity (Wildman–Crippen MR) is 111 cm³/mol. The molecule has 0 saturated heterocycles. The van der Waals surface area contributed by atoms with E-state index in [2.05, 4.69) is 0 Å². The molecule has 0 aliphatic heterocycles. The first-order valence-corrected chi connectivity index (χ1v) is 9.64. The number of aryl methyl sites for hydroxylation is 1. The van der Waals surface area contributed by atoms with E-state index in [0.29, 0.717) is 17.0 Å². The Morgan fingerprint density at radius 2 is 1.93 bits per heavy atom. The number of halogens is 1. The van der Waals surface area contributed by atoms with Gasteiger partial charge in [-0.05, 0) is 49.1 Å². The van der Waals surface area contributed by atoms with Gasteiger partial charge < -0.3 is 20.3 Å². The van der Waals surface area contributed by atoms with Gasteiger partial charge in [0.15, 0.2) is 5.78 Å². The van der Waals surface area contributed by atoms with E-state index in [4.69, 9.17) is 31.9 Å². The van der Waals surface area contributed by atoms with Crippen LogP contribution in [-0.2, 0) is 17.8 Å². The highest BCUT2D eigenvalue weighted by molar-refractivity contribution is 6.31. The van der Waals surface area contributed by atoms with Gasteiger partial charge in [0.2, 0.25) is 0 Å². The van der Waals surface area contributed by atoms with Gasteiger partial charge in [0.05, 0.1) is 32.5 Å². The zero-order chi connectivity index (χ0) is 20.6. The van der Waals surface area contributed by atoms with Crippen molar-refractivity contribution in [2.75, 3.05) is 20.3 Å². The lowest BCUT2D eigenvalue weighted by molar-refractivity contribution is 0.0535. The fraction of sp³-hybridized carbons (Fsp3) is 0.409. The maximum atomic E-state index is 12.4. The second-order valence-electron chi connectivity index (χ2n) is 7.24. The van der Waals surface area contributed by atoms with E-state index in [-0.39, 0.29) is 25.6 Å². The minimum Gasteiger partial charge on any atom is -0.497 e. The summed E-state index contributed by atoms with van der Waals surface area (Å²) < 4.78 is 10.7. The lowest BCUT2D eigenvalue weighted by Gasteiger charge is -2.21. The third-order valence-corrected chi connectivity index (χ3v) is 4.81. The molecule has 0 aliphatic carbocycles. The van der Waals surface area contributed by atoms with Crippen LogP contribution >= 0.6 is 11.6 Å². The van der Waals surface area contributed by atoms with Crippen LogP contribution in [-0.4, -0.2) is 36.8 Å². The maximum Gasteiger partial charge on any atom is 0.162 e. The molecule has 2 rings (SSSR count). The summed E-state index contributed by atoms with van der Waals surface area (Å²) in [5.74, 6) is 0.892. The largest absolute Gasteiger partial charge is 0.497 e. The predicted octanol–water partition coefficient (Wildman–Crippen LogP) is 3.78. The van der Waals surface area contributed by atoms with Crippen molar-refractivity contribution in [2.45, 2.75) is 38.3 Å². The molecule has 0 fully saturated rings. The molecule has 0 heterocycles. The molecule has 0 spiro atoms. The van der Waals surface area contributed by atoms with E-state index in [9.17, 15) is 4.79 Å². The molecule has 0 aliphatic rings. The highest BCUT2D eigenvalue weighted by Crippen LogP contribution is 2.21. The van der Waals surface area contributed by atoms with Crippen LogP contribution in [0.5, 0.6) is 5.75 Å². The van der Waals surface area contributed by atoms with Crippen LogP contribution in [0.2, 0.25) is 5.02 Å². The first-order chi connectivity index (χ1) is 13.3. The maximum absolute atomic E-state index is 12.4. The number of ketones is 1. The Balaban J connectivity index is 1.83. The van der Waals surface area contributed by atoms with Gasteiger partial charge in [-0.25, -0.2) is 0 Å². The van der Waals surface area contributed by atoms with Crippen molar-refractivity contribution in [3.8, 4) is 5.75 Å². The molecule has 1 unspecified atom stereocenters. The number of aliphatic hydroxyl groups is 1. The van der Waals surface area contributed by atoms with Gasteiger partial charge in [-0.2, -0.15) is 0 Å². The van der Waals surface area contributed by atoms with Gasteiger partial charge in [-0.3, -0.25) is 4.79 Å². The molecular formula is C22H28ClNO4. The van der Waals surface area contributed by atoms with Crippen LogP contribution in [0.3, 0.4) is 0 Å². The molecule has 0 aromatic heterocycles. The lowest BCUT2D eigenvalue weighted by Crippen LogP contribution is -2.44. The minimum absolute atomic E-state index is 0.0673. The number of methoxy groups -OCH3 is 1. The summed E-state index contributed by atoms with van der Waals surface area (Å²) in [6.45, 7) is 2.04. The molecule has 5 nitrogen and oxygen atoms in total. The Morgan fingerprint density at radius 1 is 1.21 bits per heavy atom. The fourth-order valence-electron chi connectivity index (χ4n) is 2.67. The molecule has 2 aromatic carbocycles. The van der Waals surface area contributed by atoms with E-state index in [1.807, 2.05) is 24.3 Å². The Labute approximate surface area is 171 Å². The highest BCUT2D eigenvalue weighted by Gasteiger charge is 2.17. The molecule has 0 amide bonds. The number of carbonyl (C=O) groups is 1. The van der Waals surface area contributed by atoms with Gasteiger partial charge in [-0.1, -0.05) is 35.9 Å². The second kappa shape index (κ2) is 10.6. The van der Waals surface area contributed by atoms with Gasteiger partial charge in [-0.15, -0.1) is 0 Å². The molecule has 0 radical (unpaired) electrons. The number of rotatable bonds is 11. The van der Waals surface area contributed by atoms with Crippen LogP contribution in [0.4, 0.5) is 0 Å². The number of carbonyl (C=O) groups excluding carboxylic acids is 1. The molecule has 6 heteroatoms. The Bertz CT molecular complexity index is 775. The smallest absolute Gasteiger partial charge is 0.162 e. The van der Waals surface area contributed by atoms with Crippen LogP contribution in [0.15, 0.2) is 42.5 Å². The fourth-order valence-corrected chi connectivity index (χ4v) is 2.90. The van der Waals surface area contributed by atoms with E-state index >= 15 is 0 Å². The topological polar surface area (TPSA) is 81.8 Å². The zero-order valence-electron chi connectivity index (χ0n) is 16.4. The number of hydrogen-bond acceptors (Lipinski definition) is 5. The summed E-state index contributed by atoms with van der Waals surface area (Å²) in [5.41, 5.74) is 7.60. The van der Waals surface area contributed by atoms with Crippen molar-refractivity contribution in [2.24, 2.45) is 5.73 Å². The summed E-state index contributed by atoms with van der Waals surface area (Å²) in [4.78, 5) is 12.4. The Morgan fingerprint density at radius 3 is 2.54 bits per heavy atom. The van der Waals surface area contributed by atoms with Gasteiger partial charge in [0.25, 0.3) is 0 Å². The molecule has 28 heavy (non-hydrogen) atoms. The molecular weight excluding hydrogens is 378 g/mol. The third-order valence-electron chi connectivity index (χ3n) is 4.45. The number of ether oxygens (including phenoxy) is 2. The number of aliphatic hydroxyl groups excluding tert-OH is 1. The SMILES string of the molecule is COc1ccc(CCCC(=O)c2ccc(COCC(C)(N)CO)c(Cl)c2)cc1. The van der Waals surface area contributed by atoms with Crippen molar-refractivity contribution in [3.63, 3.8) is 0 Å². The summed E-state index contributed by atoms with van der Waals surface area (Å²) >= 11 is 6.29. The zero-order valence-corrected chi connectivity index (χ0v) is 17.2. The van der Waals surface area contributed by atoms with Crippen LogP contribution < -0.4 is 10.5 Å². The third kappa shape index (κ3) is 6.91. The van der Waals surface area contributed by atoms with E-state index in [1.54, 1.807) is 32.2 Å². The molecule has 2 aromatic rings. The average Bonchev–Trinajstić information content (AvgIpc) is 2.69. The average molecular weight is 406 g/mol. The number of Topliss-reactive ketones (excluding diaryl/α,β-unsaturated/α-hetero) is 1. The Kier molecular flexibility index (Phi) is 8.45. The minimum atomic E-state index is -0.785. The van der Waals surface area contributed by atoms with Crippen molar-refractivity contribution < 1.29 is 19.4 Å². The van der Waals surface area contributed by atoms with Crippen LogP contribution in [0.1, 0.15) is 41.3 Å². The van der Waals surface area contributed by atoms with Crippen molar-refractivity contribution in [1.82, 2.24) is 0 Å². The van der Waals surface area contributed by atoms with Crippen LogP contribution in [0.25, 0.3) is 0 Å². The van der Waals surface area contributed by atoms with Gasteiger partial charge in [0.1, 0.15) is 5.75 Å². The first-order valence-electron chi connectivity index (χ1n) is 9.26. The van der Waals surface area contributed by atoms with Crippen LogP contribution in [0, 0.1) is 0 Å². The van der Waals surface area contributed by atoms with Crippen molar-refractivity contribution in [1.29, 1.82) is 0 Å². The lowest BCUT2D eigenvalue weighted by atomic mass is 10.0. The van der Waals surface area contributed by atoms with E-state index in [0.717, 1.165) is 24.2 Å². The highest BCUT2D eigenvalue weighted by atomic mass is 35.5. The van der Waals surface area contributed by atoms with Crippen molar-refractivity contribution >= 4 is 17.4 Å².